The van der Waals surface area contributed by atoms with Gasteiger partial charge in [0.15, 0.2) is 0 Å². The summed E-state index contributed by atoms with van der Waals surface area (Å²) >= 11 is 0. The van der Waals surface area contributed by atoms with Gasteiger partial charge < -0.3 is 0 Å². The molecule has 0 heteroatoms. The first-order valence-corrected chi connectivity index (χ1v) is 8.33. The number of hydrogen-bond donors (Lipinski definition) is 0. The first-order valence-electron chi connectivity index (χ1n) is 8.33. The van der Waals surface area contributed by atoms with Gasteiger partial charge >= 0.3 is 0 Å². The lowest BCUT2D eigenvalue weighted by molar-refractivity contribution is 0.497. The molecule has 0 radical (unpaired) electrons. The number of rotatable bonds is 7. The summed E-state index contributed by atoms with van der Waals surface area (Å²) in [5.74, 6) is 0.825. The van der Waals surface area contributed by atoms with Crippen molar-refractivity contribution in [3.05, 3.63) is 47.0 Å². The van der Waals surface area contributed by atoms with E-state index in [1.165, 1.54) is 42.4 Å². The van der Waals surface area contributed by atoms with Gasteiger partial charge in [-0.3, -0.25) is 0 Å². The van der Waals surface area contributed by atoms with Gasteiger partial charge in [0.25, 0.3) is 0 Å². The van der Waals surface area contributed by atoms with Gasteiger partial charge in [-0.25, -0.2) is 0 Å². The highest BCUT2D eigenvalue weighted by Crippen LogP contribution is 2.16. The Kier molecular flexibility index (Phi) is 11.1. The second-order valence-corrected chi connectivity index (χ2v) is 5.67. The molecule has 20 heavy (non-hydrogen) atoms. The first kappa shape index (κ1) is 19.0. The fraction of sp³-hybridized carbons (Fsp3) is 0.600. The predicted octanol–water partition coefficient (Wildman–Crippen LogP) is 6.59. The van der Waals surface area contributed by atoms with Crippen LogP contribution in [0.1, 0.15) is 71.9 Å². The zero-order chi connectivity index (χ0) is 15.4. The molecule has 0 amide bonds. The van der Waals surface area contributed by atoms with Crippen molar-refractivity contribution >= 4 is 0 Å². The van der Waals surface area contributed by atoms with Gasteiger partial charge in [0.2, 0.25) is 0 Å². The highest BCUT2D eigenvalue weighted by molar-refractivity contribution is 5.22. The lowest BCUT2D eigenvalue weighted by Crippen LogP contribution is -1.97. The maximum atomic E-state index is 2.37. The van der Waals surface area contributed by atoms with Crippen LogP contribution in [0.25, 0.3) is 0 Å². The van der Waals surface area contributed by atoms with E-state index in [-0.39, 0.29) is 0 Å². The van der Waals surface area contributed by atoms with Crippen molar-refractivity contribution in [1.82, 2.24) is 0 Å². The summed E-state index contributed by atoms with van der Waals surface area (Å²) in [5, 5.41) is 0. The number of benzene rings is 1. The van der Waals surface area contributed by atoms with Crippen molar-refractivity contribution in [3.63, 3.8) is 0 Å². The van der Waals surface area contributed by atoms with Crippen LogP contribution in [0.3, 0.4) is 0 Å². The van der Waals surface area contributed by atoms with E-state index in [0.717, 1.165) is 12.3 Å². The molecule has 0 fully saturated rings. The monoisotopic (exact) mass is 274 g/mol. The molecule has 0 nitrogen and oxygen atoms in total. The third kappa shape index (κ3) is 8.96. The number of aryl methyl sites for hydroxylation is 2. The summed E-state index contributed by atoms with van der Waals surface area (Å²) in [5.41, 5.74) is 4.37. The van der Waals surface area contributed by atoms with E-state index in [1.807, 2.05) is 13.8 Å². The standard InChI is InChI=1S/C18H28.C2H6/c1-5-17-11-13-18(14-12-17)10-9-16(4)8-6-7-15(2)3;1-2/h7,11-14,16H,5-6,8-10H2,1-4H3;1-2H3. The second kappa shape index (κ2) is 11.8. The Morgan fingerprint density at radius 2 is 1.55 bits per heavy atom. The normalized spacial score (nSPS) is 11.3. The Balaban J connectivity index is 0.00000172. The lowest BCUT2D eigenvalue weighted by atomic mass is 9.96. The quantitative estimate of drug-likeness (QED) is 0.492. The summed E-state index contributed by atoms with van der Waals surface area (Å²) in [6.07, 6.45) is 8.57. The molecule has 1 atom stereocenters. The SMILES string of the molecule is CC.CCc1ccc(CCC(C)CCC=C(C)C)cc1. The lowest BCUT2D eigenvalue weighted by Gasteiger charge is -2.10. The topological polar surface area (TPSA) is 0 Å². The summed E-state index contributed by atoms with van der Waals surface area (Å²) in [6.45, 7) is 12.9. The minimum Gasteiger partial charge on any atom is -0.0859 e. The molecule has 114 valence electrons. The van der Waals surface area contributed by atoms with E-state index in [1.54, 1.807) is 0 Å². The molecule has 0 aliphatic carbocycles. The molecular formula is C20H34. The molecule has 1 aromatic rings. The fourth-order valence-corrected chi connectivity index (χ4v) is 2.16. The minimum absolute atomic E-state index is 0.825. The van der Waals surface area contributed by atoms with Gasteiger partial charge in [-0.1, -0.05) is 63.6 Å². The summed E-state index contributed by atoms with van der Waals surface area (Å²) < 4.78 is 0. The van der Waals surface area contributed by atoms with Crippen molar-refractivity contribution in [1.29, 1.82) is 0 Å². The average Bonchev–Trinajstić information content (AvgIpc) is 2.47. The summed E-state index contributed by atoms with van der Waals surface area (Å²) in [4.78, 5) is 0. The van der Waals surface area contributed by atoms with Gasteiger partial charge in [-0.2, -0.15) is 0 Å². The molecule has 1 unspecified atom stereocenters. The Morgan fingerprint density at radius 1 is 1.00 bits per heavy atom. The van der Waals surface area contributed by atoms with Crippen LogP contribution in [-0.4, -0.2) is 0 Å². The van der Waals surface area contributed by atoms with Gasteiger partial charge in [-0.05, 0) is 63.0 Å². The Morgan fingerprint density at radius 3 is 2.05 bits per heavy atom. The summed E-state index contributed by atoms with van der Waals surface area (Å²) in [7, 11) is 0. The smallest absolute Gasteiger partial charge is 0.0276 e. The van der Waals surface area contributed by atoms with Gasteiger partial charge in [0.05, 0.1) is 0 Å². The third-order valence-corrected chi connectivity index (χ3v) is 3.57. The molecular weight excluding hydrogens is 240 g/mol. The molecule has 0 spiro atoms. The van der Waals surface area contributed by atoms with Crippen LogP contribution < -0.4 is 0 Å². The third-order valence-electron chi connectivity index (χ3n) is 3.57. The molecule has 1 rings (SSSR count). The molecule has 0 aromatic heterocycles. The molecule has 0 bridgehead atoms. The van der Waals surface area contributed by atoms with Crippen LogP contribution >= 0.6 is 0 Å². The van der Waals surface area contributed by atoms with E-state index in [0.29, 0.717) is 0 Å². The molecule has 0 aliphatic rings. The van der Waals surface area contributed by atoms with Crippen molar-refractivity contribution in [2.24, 2.45) is 5.92 Å². The van der Waals surface area contributed by atoms with Crippen molar-refractivity contribution in [2.45, 2.75) is 73.6 Å². The largest absolute Gasteiger partial charge is 0.0859 e. The van der Waals surface area contributed by atoms with Crippen molar-refractivity contribution in [3.8, 4) is 0 Å². The van der Waals surface area contributed by atoms with Crippen LogP contribution in [-0.2, 0) is 12.8 Å². The zero-order valence-electron chi connectivity index (χ0n) is 14.5. The first-order chi connectivity index (χ1) is 9.61. The van der Waals surface area contributed by atoms with Crippen LogP contribution in [0.15, 0.2) is 35.9 Å². The predicted molar refractivity (Wildman–Crippen MR) is 93.3 cm³/mol. The minimum atomic E-state index is 0.825. The van der Waals surface area contributed by atoms with Crippen LogP contribution in [0.4, 0.5) is 0 Å². The van der Waals surface area contributed by atoms with Gasteiger partial charge in [0.1, 0.15) is 0 Å². The van der Waals surface area contributed by atoms with Crippen LogP contribution in [0.2, 0.25) is 0 Å². The van der Waals surface area contributed by atoms with Crippen LogP contribution in [0.5, 0.6) is 0 Å². The van der Waals surface area contributed by atoms with Crippen molar-refractivity contribution < 1.29 is 0 Å². The molecule has 0 heterocycles. The fourth-order valence-electron chi connectivity index (χ4n) is 2.16. The zero-order valence-corrected chi connectivity index (χ0v) is 14.5. The molecule has 0 saturated heterocycles. The van der Waals surface area contributed by atoms with E-state index >= 15 is 0 Å². The van der Waals surface area contributed by atoms with E-state index in [2.05, 4.69) is 58.0 Å². The van der Waals surface area contributed by atoms with E-state index in [4.69, 9.17) is 0 Å². The molecule has 0 N–H and O–H groups in total. The molecule has 0 aliphatic heterocycles. The average molecular weight is 274 g/mol. The van der Waals surface area contributed by atoms with Gasteiger partial charge in [-0.15, -0.1) is 0 Å². The second-order valence-electron chi connectivity index (χ2n) is 5.67. The number of allylic oxidation sites excluding steroid dienone is 2. The Bertz CT molecular complexity index is 352. The van der Waals surface area contributed by atoms with E-state index in [9.17, 15) is 0 Å². The Hall–Kier alpha value is -1.04. The highest BCUT2D eigenvalue weighted by atomic mass is 14.1. The Labute approximate surface area is 127 Å². The maximum Gasteiger partial charge on any atom is -0.0276 e. The summed E-state index contributed by atoms with van der Waals surface area (Å²) in [6, 6.07) is 9.12. The van der Waals surface area contributed by atoms with Crippen LogP contribution in [0, 0.1) is 5.92 Å². The number of hydrogen-bond acceptors (Lipinski definition) is 0. The molecule has 1 aromatic carbocycles. The highest BCUT2D eigenvalue weighted by Gasteiger charge is 2.02. The molecule has 0 saturated carbocycles. The van der Waals surface area contributed by atoms with Crippen molar-refractivity contribution in [2.75, 3.05) is 0 Å². The van der Waals surface area contributed by atoms with E-state index < -0.39 is 0 Å². The maximum absolute atomic E-state index is 2.37. The van der Waals surface area contributed by atoms with Gasteiger partial charge in [0, 0.05) is 0 Å².